The van der Waals surface area contributed by atoms with Gasteiger partial charge in [-0.3, -0.25) is 4.79 Å². The highest BCUT2D eigenvalue weighted by Crippen LogP contribution is 2.23. The van der Waals surface area contributed by atoms with Crippen LogP contribution >= 0.6 is 23.1 Å². The lowest BCUT2D eigenvalue weighted by Gasteiger charge is -2.09. The van der Waals surface area contributed by atoms with Gasteiger partial charge in [0.05, 0.1) is 5.75 Å². The van der Waals surface area contributed by atoms with Gasteiger partial charge >= 0.3 is 0 Å². The first-order valence-electron chi connectivity index (χ1n) is 10.1. The third-order valence-electron chi connectivity index (χ3n) is 4.99. The molecular weight excluding hydrogens is 449 g/mol. The van der Waals surface area contributed by atoms with Crippen LogP contribution in [0.15, 0.2) is 57.5 Å². The summed E-state index contributed by atoms with van der Waals surface area (Å²) >= 11 is 2.95. The van der Waals surface area contributed by atoms with Crippen molar-refractivity contribution >= 4 is 28.9 Å². The molecule has 0 atom stereocenters. The maximum absolute atomic E-state index is 12.9. The molecule has 0 amide bonds. The van der Waals surface area contributed by atoms with E-state index in [2.05, 4.69) is 32.3 Å². The predicted octanol–water partition coefficient (Wildman–Crippen LogP) is 5.49. The number of carbonyl (C=O) groups excluding carboxylic acids is 1. The zero-order valence-corrected chi connectivity index (χ0v) is 19.3. The zero-order chi connectivity index (χ0) is 22.5. The first-order chi connectivity index (χ1) is 15.5. The molecule has 0 aliphatic rings. The second kappa shape index (κ2) is 10.1. The van der Waals surface area contributed by atoms with Gasteiger partial charge in [0, 0.05) is 28.4 Å². The molecule has 0 saturated carbocycles. The number of ether oxygens (including phenoxy) is 1. The monoisotopic (exact) mass is 471 g/mol. The van der Waals surface area contributed by atoms with Crippen LogP contribution in [-0.4, -0.2) is 26.3 Å². The number of Topliss-reactive ketones (excluding diaryl/α,β-unsaturated/α-hetero) is 1. The van der Waals surface area contributed by atoms with Crippen LogP contribution in [0.1, 0.15) is 32.5 Å². The summed E-state index contributed by atoms with van der Waals surface area (Å²) in [5.41, 5.74) is 2.77. The summed E-state index contributed by atoms with van der Waals surface area (Å²) in [6, 6.07) is 11.8. The van der Waals surface area contributed by atoms with Crippen molar-refractivity contribution in [2.75, 3.05) is 5.75 Å². The van der Waals surface area contributed by atoms with E-state index >= 15 is 0 Å². The first-order valence-corrected chi connectivity index (χ1v) is 11.9. The Morgan fingerprint density at radius 1 is 1.22 bits per heavy atom. The Morgan fingerprint density at radius 3 is 2.78 bits per heavy atom. The number of ketones is 1. The van der Waals surface area contributed by atoms with Crippen LogP contribution in [0, 0.1) is 19.7 Å². The van der Waals surface area contributed by atoms with Crippen LogP contribution in [0.5, 0.6) is 5.75 Å². The van der Waals surface area contributed by atoms with E-state index in [9.17, 15) is 9.18 Å². The Kier molecular flexibility index (Phi) is 7.06. The van der Waals surface area contributed by atoms with Gasteiger partial charge in [-0.1, -0.05) is 17.8 Å². The van der Waals surface area contributed by atoms with Gasteiger partial charge in [-0.25, -0.2) is 4.39 Å². The van der Waals surface area contributed by atoms with Crippen LogP contribution in [0.3, 0.4) is 0 Å². The summed E-state index contributed by atoms with van der Waals surface area (Å²) in [6.45, 7) is 4.92. The number of aromatic nitrogens is 3. The van der Waals surface area contributed by atoms with Gasteiger partial charge in [0.25, 0.3) is 11.1 Å². The standard InChI is InChI=1S/C23H22FN3O3S2/c1-15-12-20(16(2)27(15)10-9-19-4-3-11-31-19)21(28)14-32-23-26-25-22(30-23)13-29-18-7-5-17(24)6-8-18/h3-8,11-12H,9-10,13-14H2,1-2H3. The van der Waals surface area contributed by atoms with Crippen molar-refractivity contribution in [3.05, 3.63) is 81.4 Å². The normalized spacial score (nSPS) is 11.1. The zero-order valence-electron chi connectivity index (χ0n) is 17.7. The maximum Gasteiger partial charge on any atom is 0.277 e. The number of rotatable bonds is 10. The van der Waals surface area contributed by atoms with Gasteiger partial charge in [0.1, 0.15) is 11.6 Å². The van der Waals surface area contributed by atoms with Crippen molar-refractivity contribution in [1.29, 1.82) is 0 Å². The number of nitrogens with zero attached hydrogens (tertiary/aromatic N) is 3. The number of benzene rings is 1. The molecule has 0 aliphatic heterocycles. The molecule has 32 heavy (non-hydrogen) atoms. The van der Waals surface area contributed by atoms with Gasteiger partial charge in [-0.15, -0.1) is 21.5 Å². The molecule has 0 unspecified atom stereocenters. The van der Waals surface area contributed by atoms with Gasteiger partial charge in [-0.2, -0.15) is 0 Å². The molecule has 0 fully saturated rings. The number of carbonyl (C=O) groups is 1. The van der Waals surface area contributed by atoms with Crippen molar-refractivity contribution in [3.63, 3.8) is 0 Å². The number of halogens is 1. The van der Waals surface area contributed by atoms with Crippen LogP contribution < -0.4 is 4.74 Å². The van der Waals surface area contributed by atoms with E-state index in [0.29, 0.717) is 11.0 Å². The summed E-state index contributed by atoms with van der Waals surface area (Å²) in [6.07, 6.45) is 0.946. The molecule has 9 heteroatoms. The van der Waals surface area contributed by atoms with Crippen molar-refractivity contribution in [2.24, 2.45) is 0 Å². The third kappa shape index (κ3) is 5.46. The first kappa shape index (κ1) is 22.3. The molecule has 166 valence electrons. The Balaban J connectivity index is 1.31. The second-order valence-corrected chi connectivity index (χ2v) is 9.14. The van der Waals surface area contributed by atoms with E-state index < -0.39 is 0 Å². The van der Waals surface area contributed by atoms with Gasteiger partial charge in [-0.05, 0) is 62.0 Å². The molecule has 3 aromatic heterocycles. The lowest BCUT2D eigenvalue weighted by molar-refractivity contribution is 0.102. The van der Waals surface area contributed by atoms with E-state index in [1.54, 1.807) is 11.3 Å². The minimum atomic E-state index is -0.332. The van der Waals surface area contributed by atoms with Crippen LogP contribution in [-0.2, 0) is 19.6 Å². The largest absolute Gasteiger partial charge is 0.484 e. The van der Waals surface area contributed by atoms with Crippen molar-refractivity contribution < 1.29 is 18.3 Å². The molecule has 0 N–H and O–H groups in total. The van der Waals surface area contributed by atoms with E-state index in [4.69, 9.17) is 9.15 Å². The third-order valence-corrected chi connectivity index (χ3v) is 6.74. The van der Waals surface area contributed by atoms with Gasteiger partial charge in [0.15, 0.2) is 12.4 Å². The maximum atomic E-state index is 12.9. The Hall–Kier alpha value is -2.91. The van der Waals surface area contributed by atoms with Crippen molar-refractivity contribution in [2.45, 2.75) is 38.6 Å². The van der Waals surface area contributed by atoms with Gasteiger partial charge in [0.2, 0.25) is 0 Å². The molecule has 4 rings (SSSR count). The summed E-state index contributed by atoms with van der Waals surface area (Å²) < 4.78 is 26.2. The quantitative estimate of drug-likeness (QED) is 0.225. The Labute approximate surface area is 193 Å². The molecule has 3 heterocycles. The Bertz CT molecular complexity index is 1180. The average Bonchev–Trinajstić information content (AvgIpc) is 3.52. The lowest BCUT2D eigenvalue weighted by Crippen LogP contribution is -2.08. The van der Waals surface area contributed by atoms with E-state index in [1.807, 2.05) is 19.9 Å². The Morgan fingerprint density at radius 2 is 2.03 bits per heavy atom. The van der Waals surface area contributed by atoms with E-state index in [-0.39, 0.29) is 29.9 Å². The molecule has 6 nitrogen and oxygen atoms in total. The molecule has 0 aliphatic carbocycles. The lowest BCUT2D eigenvalue weighted by atomic mass is 10.2. The number of thiophene rings is 1. The van der Waals surface area contributed by atoms with Crippen LogP contribution in [0.2, 0.25) is 0 Å². The average molecular weight is 472 g/mol. The van der Waals surface area contributed by atoms with Crippen LogP contribution in [0.25, 0.3) is 0 Å². The minimum Gasteiger partial charge on any atom is -0.484 e. The molecule has 0 bridgehead atoms. The topological polar surface area (TPSA) is 70.2 Å². The molecule has 0 saturated heterocycles. The fraction of sp³-hybridized carbons (Fsp3) is 0.261. The molecule has 1 aromatic carbocycles. The molecule has 0 radical (unpaired) electrons. The highest BCUT2D eigenvalue weighted by Gasteiger charge is 2.17. The number of thioether (sulfide) groups is 1. The van der Waals surface area contributed by atoms with Crippen LogP contribution in [0.4, 0.5) is 4.39 Å². The number of aryl methyl sites for hydroxylation is 2. The van der Waals surface area contributed by atoms with Crippen molar-refractivity contribution in [3.8, 4) is 5.75 Å². The summed E-state index contributed by atoms with van der Waals surface area (Å²) in [5, 5.41) is 10.3. The van der Waals surface area contributed by atoms with Crippen molar-refractivity contribution in [1.82, 2.24) is 14.8 Å². The molecule has 4 aromatic rings. The van der Waals surface area contributed by atoms with Gasteiger partial charge < -0.3 is 13.7 Å². The predicted molar refractivity (Wildman–Crippen MR) is 122 cm³/mol. The number of hydrogen-bond acceptors (Lipinski definition) is 7. The summed E-state index contributed by atoms with van der Waals surface area (Å²) in [5.74, 6) is 0.685. The smallest absolute Gasteiger partial charge is 0.277 e. The van der Waals surface area contributed by atoms with E-state index in [1.165, 1.54) is 40.9 Å². The fourth-order valence-electron chi connectivity index (χ4n) is 3.34. The minimum absolute atomic E-state index is 0.0211. The number of hydrogen-bond donors (Lipinski definition) is 0. The summed E-state index contributed by atoms with van der Waals surface area (Å²) in [4.78, 5) is 14.1. The summed E-state index contributed by atoms with van der Waals surface area (Å²) in [7, 11) is 0. The second-order valence-electron chi connectivity index (χ2n) is 7.18. The highest BCUT2D eigenvalue weighted by molar-refractivity contribution is 7.99. The highest BCUT2D eigenvalue weighted by atomic mass is 32.2. The molecule has 0 spiro atoms. The van der Waals surface area contributed by atoms with E-state index in [0.717, 1.165) is 29.9 Å². The molecular formula is C23H22FN3O3S2. The SMILES string of the molecule is Cc1cc(C(=O)CSc2nnc(COc3ccc(F)cc3)o2)c(C)n1CCc1cccs1. The fourth-order valence-corrected chi connectivity index (χ4v) is 4.70.